The number of rotatable bonds is 2. The summed E-state index contributed by atoms with van der Waals surface area (Å²) in [6.07, 6.45) is 0.247. The highest BCUT2D eigenvalue weighted by Crippen LogP contribution is 2.38. The zero-order valence-electron chi connectivity index (χ0n) is 4.57. The molecule has 50 valence electrons. The Balaban J connectivity index is 3.62. The molecule has 3 N–H and O–H groups in total. The lowest BCUT2D eigenvalue weighted by molar-refractivity contribution is -0.334. The van der Waals surface area contributed by atoms with Crippen molar-refractivity contribution in [3.8, 4) is 0 Å². The Kier molecular flexibility index (Phi) is 2.80. The van der Waals surface area contributed by atoms with Crippen LogP contribution in [0.1, 0.15) is 13.3 Å². The Morgan fingerprint density at radius 1 is 1.75 bits per heavy atom. The lowest BCUT2D eigenvalue weighted by Crippen LogP contribution is -2.37. The van der Waals surface area contributed by atoms with Crippen LogP contribution in [0.5, 0.6) is 0 Å². The molecule has 4 nitrogen and oxygen atoms in total. The van der Waals surface area contributed by atoms with E-state index in [-0.39, 0.29) is 6.42 Å². The van der Waals surface area contributed by atoms with Gasteiger partial charge in [-0.3, -0.25) is 10.6 Å². The average molecular weight is 138 g/mol. The summed E-state index contributed by atoms with van der Waals surface area (Å²) in [5.74, 6) is -1.09. The van der Waals surface area contributed by atoms with Crippen LogP contribution in [0.3, 0.4) is 0 Å². The number of hydrogen-bond donors (Lipinski definition) is 2. The molecule has 0 aliphatic rings. The molecule has 1 unspecified atom stereocenters. The van der Waals surface area contributed by atoms with Gasteiger partial charge < -0.3 is 9.79 Å². The Morgan fingerprint density at radius 2 is 2.12 bits per heavy atom. The second-order valence-electron chi connectivity index (χ2n) is 1.54. The van der Waals surface area contributed by atoms with E-state index in [0.717, 1.165) is 0 Å². The molecule has 0 saturated carbocycles. The van der Waals surface area contributed by atoms with E-state index >= 15 is 0 Å². The van der Waals surface area contributed by atoms with Gasteiger partial charge in [-0.1, -0.05) is 6.92 Å². The molecule has 0 amide bonds. The third kappa shape index (κ3) is 2.55. The van der Waals surface area contributed by atoms with Crippen molar-refractivity contribution in [3.05, 3.63) is 0 Å². The third-order valence-corrected chi connectivity index (χ3v) is 2.04. The summed E-state index contributed by atoms with van der Waals surface area (Å²) >= 11 is 0. The molecule has 0 fully saturated rings. The predicted octanol–water partition coefficient (Wildman–Crippen LogP) is -1.84. The van der Waals surface area contributed by atoms with Gasteiger partial charge in [0.1, 0.15) is 5.78 Å². The summed E-state index contributed by atoms with van der Waals surface area (Å²) in [6, 6.07) is 0. The van der Waals surface area contributed by atoms with E-state index in [2.05, 4.69) is 0 Å². The summed E-state index contributed by atoms with van der Waals surface area (Å²) in [6.45, 7) is 1.59. The first-order chi connectivity index (χ1) is 3.48. The normalized spacial score (nSPS) is 16.1. The van der Waals surface area contributed by atoms with Crippen molar-refractivity contribution >= 4 is 7.94 Å². The van der Waals surface area contributed by atoms with Crippen LogP contribution in [-0.2, 0) is 0 Å². The number of nitrogens with two attached hydrogens (primary N) is 1. The Morgan fingerprint density at radius 3 is 2.12 bits per heavy atom. The largest absolute Gasteiger partial charge is 0.658 e. The molecule has 0 aromatic rings. The van der Waals surface area contributed by atoms with Crippen LogP contribution in [-0.4, -0.2) is 10.7 Å². The van der Waals surface area contributed by atoms with Crippen LogP contribution in [0, 0.1) is 0 Å². The van der Waals surface area contributed by atoms with Crippen molar-refractivity contribution in [1.82, 2.24) is 0 Å². The monoisotopic (exact) mass is 138 g/mol. The standard InChI is InChI=1S/C3H10NO3P/c1-2-3(4)8(5,6)7/h3H,2,4H2,1H3,(H2,5,6,7)/p-1. The van der Waals surface area contributed by atoms with Crippen molar-refractivity contribution in [2.75, 3.05) is 0 Å². The second kappa shape index (κ2) is 2.71. The molecule has 1 atom stereocenters. The summed E-state index contributed by atoms with van der Waals surface area (Å²) in [5, 5.41) is 0. The Bertz CT molecular complexity index is 71.4. The third-order valence-electron chi connectivity index (χ3n) is 0.837. The molecule has 0 rings (SSSR count). The molecule has 0 saturated heterocycles. The molecular formula is C3H9NO3P-. The SMILES string of the molecule is CCC(N)[P+]([O-])([O-])O. The Hall–Kier alpha value is 0.270. The molecule has 8 heavy (non-hydrogen) atoms. The average Bonchev–Trinajstić information content (AvgIpc) is 1.62. The lowest BCUT2D eigenvalue weighted by Gasteiger charge is -2.32. The van der Waals surface area contributed by atoms with Crippen LogP contribution < -0.4 is 15.5 Å². The minimum Gasteiger partial charge on any atom is -0.658 e. The summed E-state index contributed by atoms with van der Waals surface area (Å²) in [4.78, 5) is 28.2. The van der Waals surface area contributed by atoms with Crippen molar-refractivity contribution in [2.45, 2.75) is 19.1 Å². The lowest BCUT2D eigenvalue weighted by atomic mass is 10.5. The highest BCUT2D eigenvalue weighted by atomic mass is 31.2. The first-order valence-electron chi connectivity index (χ1n) is 2.27. The first kappa shape index (κ1) is 8.27. The maximum atomic E-state index is 10.0. The van der Waals surface area contributed by atoms with E-state index in [9.17, 15) is 9.79 Å². The van der Waals surface area contributed by atoms with Gasteiger partial charge in [-0.2, -0.15) is 0 Å². The van der Waals surface area contributed by atoms with E-state index in [4.69, 9.17) is 10.6 Å². The minimum absolute atomic E-state index is 0.247. The van der Waals surface area contributed by atoms with Gasteiger partial charge in [0.05, 0.1) is 7.94 Å². The van der Waals surface area contributed by atoms with E-state index in [0.29, 0.717) is 0 Å². The van der Waals surface area contributed by atoms with Crippen molar-refractivity contribution in [1.29, 1.82) is 0 Å². The molecule has 0 bridgehead atoms. The number of hydrogen-bond acceptors (Lipinski definition) is 4. The smallest absolute Gasteiger partial charge is 0.133 e. The van der Waals surface area contributed by atoms with Crippen molar-refractivity contribution in [2.24, 2.45) is 5.73 Å². The van der Waals surface area contributed by atoms with Gasteiger partial charge in [0.15, 0.2) is 0 Å². The van der Waals surface area contributed by atoms with Crippen LogP contribution in [0.15, 0.2) is 0 Å². The zero-order valence-corrected chi connectivity index (χ0v) is 5.47. The highest BCUT2D eigenvalue weighted by Gasteiger charge is 2.16. The van der Waals surface area contributed by atoms with Crippen LogP contribution in [0.2, 0.25) is 0 Å². The van der Waals surface area contributed by atoms with Crippen molar-refractivity contribution in [3.63, 3.8) is 0 Å². The summed E-state index contributed by atoms with van der Waals surface area (Å²) < 4.78 is 0. The van der Waals surface area contributed by atoms with E-state index in [1.165, 1.54) is 0 Å². The second-order valence-corrected chi connectivity index (χ2v) is 3.33. The van der Waals surface area contributed by atoms with E-state index < -0.39 is 13.7 Å². The topological polar surface area (TPSA) is 92.4 Å². The van der Waals surface area contributed by atoms with Gasteiger partial charge >= 0.3 is 0 Å². The van der Waals surface area contributed by atoms with E-state index in [1.807, 2.05) is 0 Å². The molecule has 0 aromatic carbocycles. The highest BCUT2D eigenvalue weighted by molar-refractivity contribution is 7.56. The van der Waals surface area contributed by atoms with Crippen LogP contribution >= 0.6 is 7.94 Å². The molecule has 0 aromatic heterocycles. The van der Waals surface area contributed by atoms with Gasteiger partial charge in [0, 0.05) is 0 Å². The summed E-state index contributed by atoms with van der Waals surface area (Å²) in [5.41, 5.74) is 4.92. The minimum atomic E-state index is -4.23. The maximum Gasteiger partial charge on any atom is 0.133 e. The van der Waals surface area contributed by atoms with E-state index in [1.54, 1.807) is 6.92 Å². The first-order valence-corrected chi connectivity index (χ1v) is 3.92. The summed E-state index contributed by atoms with van der Waals surface area (Å²) in [7, 11) is -4.23. The van der Waals surface area contributed by atoms with Crippen LogP contribution in [0.4, 0.5) is 0 Å². The molecule has 5 heteroatoms. The Labute approximate surface area is 48.5 Å². The molecule has 0 radical (unpaired) electrons. The van der Waals surface area contributed by atoms with Gasteiger partial charge in [0.25, 0.3) is 0 Å². The van der Waals surface area contributed by atoms with Crippen molar-refractivity contribution < 1.29 is 14.7 Å². The van der Waals surface area contributed by atoms with Crippen LogP contribution in [0.25, 0.3) is 0 Å². The predicted molar refractivity (Wildman–Crippen MR) is 27.4 cm³/mol. The fourth-order valence-electron chi connectivity index (χ4n) is 0.231. The van der Waals surface area contributed by atoms with Gasteiger partial charge in [-0.15, -0.1) is 0 Å². The fourth-order valence-corrected chi connectivity index (χ4v) is 0.692. The maximum absolute atomic E-state index is 10.0. The van der Waals surface area contributed by atoms with Gasteiger partial charge in [0.2, 0.25) is 0 Å². The molecule has 0 aliphatic carbocycles. The molecule has 0 spiro atoms. The van der Waals surface area contributed by atoms with Gasteiger partial charge in [-0.25, -0.2) is 0 Å². The van der Waals surface area contributed by atoms with Gasteiger partial charge in [-0.05, 0) is 6.42 Å². The molecule has 0 heterocycles. The quantitative estimate of drug-likeness (QED) is 0.438. The zero-order chi connectivity index (χ0) is 6.78. The fraction of sp³-hybridized carbons (Fsp3) is 1.00. The molecule has 0 aliphatic heterocycles. The molecular weight excluding hydrogens is 129 g/mol.